The van der Waals surface area contributed by atoms with Crippen LogP contribution in [0.15, 0.2) is 30.5 Å². The summed E-state index contributed by atoms with van der Waals surface area (Å²) in [6.07, 6.45) is 6.32. The zero-order valence-electron chi connectivity index (χ0n) is 16.1. The maximum Gasteiger partial charge on any atom is 0.270 e. The molecule has 0 unspecified atom stereocenters. The summed E-state index contributed by atoms with van der Waals surface area (Å²) in [5.74, 6) is 0.864. The highest BCUT2D eigenvalue weighted by Gasteiger charge is 2.20. The van der Waals surface area contributed by atoms with E-state index in [0.717, 1.165) is 21.8 Å². The van der Waals surface area contributed by atoms with Crippen LogP contribution in [0.4, 0.5) is 4.39 Å². The van der Waals surface area contributed by atoms with Crippen molar-refractivity contribution in [2.75, 3.05) is 13.2 Å². The standard InChI is InChI=1S/C21H16FN5O4/c1-2-5-23-21(30)17-8-16(26-19-15(22)10-25-27(17)19)20(29)24-9-12-3-4-18-13(6-12)7-14(28)11-31-18/h1,3-4,6,8,10H,5,7,9,11H2,(H,23,30)(H,24,29). The molecule has 1 aromatic carbocycles. The number of hydrogen-bond acceptors (Lipinski definition) is 6. The summed E-state index contributed by atoms with van der Waals surface area (Å²) in [4.78, 5) is 40.6. The Balaban J connectivity index is 1.56. The van der Waals surface area contributed by atoms with Gasteiger partial charge in [-0.3, -0.25) is 14.4 Å². The number of ketones is 1. The molecular formula is C21H16FN5O4. The third-order valence-electron chi connectivity index (χ3n) is 4.60. The molecule has 0 aliphatic carbocycles. The fraction of sp³-hybridized carbons (Fsp3) is 0.190. The van der Waals surface area contributed by atoms with Crippen LogP contribution in [-0.4, -0.2) is 45.3 Å². The Hall–Kier alpha value is -4.26. The number of rotatable bonds is 5. The number of aromatic nitrogens is 3. The molecule has 2 amide bonds. The van der Waals surface area contributed by atoms with E-state index >= 15 is 0 Å². The first-order valence-corrected chi connectivity index (χ1v) is 9.26. The molecule has 1 aliphatic rings. The Morgan fingerprint density at radius 2 is 2.10 bits per heavy atom. The first-order valence-electron chi connectivity index (χ1n) is 9.26. The third-order valence-corrected chi connectivity index (χ3v) is 4.60. The third kappa shape index (κ3) is 4.06. The van der Waals surface area contributed by atoms with Crippen LogP contribution in [0.2, 0.25) is 0 Å². The van der Waals surface area contributed by atoms with Gasteiger partial charge in [0.15, 0.2) is 17.2 Å². The lowest BCUT2D eigenvalue weighted by Crippen LogP contribution is -2.29. The van der Waals surface area contributed by atoms with Gasteiger partial charge in [0, 0.05) is 24.6 Å². The van der Waals surface area contributed by atoms with Crippen LogP contribution >= 0.6 is 0 Å². The number of carbonyl (C=O) groups is 3. The van der Waals surface area contributed by atoms with Gasteiger partial charge >= 0.3 is 0 Å². The van der Waals surface area contributed by atoms with E-state index in [2.05, 4.69) is 26.6 Å². The number of hydrogen-bond donors (Lipinski definition) is 2. The Bertz CT molecular complexity index is 1260. The number of halogens is 1. The molecular weight excluding hydrogens is 405 g/mol. The summed E-state index contributed by atoms with van der Waals surface area (Å²) in [5, 5.41) is 8.91. The van der Waals surface area contributed by atoms with Crippen molar-refractivity contribution in [1.82, 2.24) is 25.2 Å². The number of ether oxygens (including phenoxy) is 1. The SMILES string of the molecule is C#CCNC(=O)c1cc(C(=O)NCc2ccc3c(c2)CC(=O)CO3)nc2c(F)cnn12. The van der Waals surface area contributed by atoms with Gasteiger partial charge < -0.3 is 15.4 Å². The van der Waals surface area contributed by atoms with Crippen molar-refractivity contribution < 1.29 is 23.5 Å². The molecule has 0 fully saturated rings. The monoisotopic (exact) mass is 421 g/mol. The largest absolute Gasteiger partial charge is 0.486 e. The number of carbonyl (C=O) groups excluding carboxylic acids is 3. The summed E-state index contributed by atoms with van der Waals surface area (Å²) in [5.41, 5.74) is 0.987. The predicted molar refractivity (Wildman–Crippen MR) is 106 cm³/mol. The van der Waals surface area contributed by atoms with Crippen LogP contribution < -0.4 is 15.4 Å². The number of benzene rings is 1. The zero-order chi connectivity index (χ0) is 22.0. The molecule has 10 heteroatoms. The molecule has 0 saturated heterocycles. The van der Waals surface area contributed by atoms with Crippen LogP contribution in [-0.2, 0) is 17.8 Å². The van der Waals surface area contributed by atoms with Crippen LogP contribution in [0, 0.1) is 18.2 Å². The highest BCUT2D eigenvalue weighted by molar-refractivity contribution is 5.98. The van der Waals surface area contributed by atoms with Crippen molar-refractivity contribution in [2.24, 2.45) is 0 Å². The van der Waals surface area contributed by atoms with Gasteiger partial charge in [-0.05, 0) is 17.7 Å². The van der Waals surface area contributed by atoms with Crippen molar-refractivity contribution in [3.05, 3.63) is 58.8 Å². The van der Waals surface area contributed by atoms with Gasteiger partial charge in [0.05, 0.1) is 12.7 Å². The number of nitrogens with one attached hydrogen (secondary N) is 2. The second kappa shape index (κ2) is 8.23. The molecule has 1 aliphatic heterocycles. The van der Waals surface area contributed by atoms with Crippen molar-refractivity contribution >= 4 is 23.2 Å². The van der Waals surface area contributed by atoms with Crippen molar-refractivity contribution in [1.29, 1.82) is 0 Å². The van der Waals surface area contributed by atoms with Crippen LogP contribution in [0.3, 0.4) is 0 Å². The topological polar surface area (TPSA) is 115 Å². The van der Waals surface area contributed by atoms with Crippen LogP contribution in [0.5, 0.6) is 5.75 Å². The van der Waals surface area contributed by atoms with Gasteiger partial charge in [-0.25, -0.2) is 13.9 Å². The van der Waals surface area contributed by atoms with Crippen LogP contribution in [0.1, 0.15) is 32.1 Å². The molecule has 3 heterocycles. The Morgan fingerprint density at radius 1 is 1.26 bits per heavy atom. The molecule has 0 radical (unpaired) electrons. The predicted octanol–water partition coefficient (Wildman–Crippen LogP) is 0.665. The second-order valence-corrected chi connectivity index (χ2v) is 6.77. The lowest BCUT2D eigenvalue weighted by Gasteiger charge is -2.17. The summed E-state index contributed by atoms with van der Waals surface area (Å²) in [7, 11) is 0. The Morgan fingerprint density at radius 3 is 2.90 bits per heavy atom. The molecule has 0 saturated carbocycles. The molecule has 31 heavy (non-hydrogen) atoms. The maximum atomic E-state index is 14.0. The quantitative estimate of drug-likeness (QED) is 0.585. The Labute approximate surface area is 175 Å². The van der Waals surface area contributed by atoms with E-state index < -0.39 is 17.6 Å². The minimum Gasteiger partial charge on any atom is -0.486 e. The van der Waals surface area contributed by atoms with Crippen molar-refractivity contribution in [2.45, 2.75) is 13.0 Å². The van der Waals surface area contributed by atoms with Gasteiger partial charge in [0.2, 0.25) is 0 Å². The molecule has 0 spiro atoms. The van der Waals surface area contributed by atoms with E-state index in [-0.39, 0.29) is 48.9 Å². The summed E-state index contributed by atoms with van der Waals surface area (Å²) < 4.78 is 20.4. The zero-order valence-corrected chi connectivity index (χ0v) is 16.1. The van der Waals surface area contributed by atoms with Gasteiger partial charge in [0.25, 0.3) is 11.8 Å². The molecule has 156 valence electrons. The summed E-state index contributed by atoms with van der Waals surface area (Å²) in [6.45, 7) is 0.144. The van der Waals surface area contributed by atoms with E-state index in [1.807, 2.05) is 0 Å². The molecule has 4 rings (SSSR count). The van der Waals surface area contributed by atoms with Gasteiger partial charge in [0.1, 0.15) is 23.7 Å². The van der Waals surface area contributed by atoms with E-state index in [9.17, 15) is 18.8 Å². The molecule has 0 atom stereocenters. The average molecular weight is 421 g/mol. The average Bonchev–Trinajstić information content (AvgIpc) is 3.15. The van der Waals surface area contributed by atoms with E-state index in [1.165, 1.54) is 6.07 Å². The summed E-state index contributed by atoms with van der Waals surface area (Å²) >= 11 is 0. The van der Waals surface area contributed by atoms with E-state index in [4.69, 9.17) is 11.2 Å². The minimum absolute atomic E-state index is 0.0235. The lowest BCUT2D eigenvalue weighted by molar-refractivity contribution is -0.121. The first-order chi connectivity index (χ1) is 15.0. The first kappa shape index (κ1) is 20.0. The molecule has 0 bridgehead atoms. The van der Waals surface area contributed by atoms with E-state index in [0.29, 0.717) is 5.75 Å². The van der Waals surface area contributed by atoms with Crippen molar-refractivity contribution in [3.63, 3.8) is 0 Å². The molecule has 3 aromatic rings. The fourth-order valence-corrected chi connectivity index (χ4v) is 3.15. The highest BCUT2D eigenvalue weighted by Crippen LogP contribution is 2.24. The number of fused-ring (bicyclic) bond motifs is 2. The molecule has 9 nitrogen and oxygen atoms in total. The van der Waals surface area contributed by atoms with Crippen molar-refractivity contribution in [3.8, 4) is 18.1 Å². The highest BCUT2D eigenvalue weighted by atomic mass is 19.1. The lowest BCUT2D eigenvalue weighted by atomic mass is 10.0. The second-order valence-electron chi connectivity index (χ2n) is 6.77. The molecule has 2 N–H and O–H groups in total. The van der Waals surface area contributed by atoms with Gasteiger partial charge in [-0.2, -0.15) is 5.10 Å². The van der Waals surface area contributed by atoms with Gasteiger partial charge in [-0.1, -0.05) is 12.0 Å². The van der Waals surface area contributed by atoms with Gasteiger partial charge in [-0.15, -0.1) is 6.42 Å². The Kier molecular flexibility index (Phi) is 5.32. The maximum absolute atomic E-state index is 14.0. The smallest absolute Gasteiger partial charge is 0.270 e. The number of Topliss-reactive ketones (excluding diaryl/α,β-unsaturated/α-hetero) is 1. The van der Waals surface area contributed by atoms with E-state index in [1.54, 1.807) is 18.2 Å². The molecule has 2 aromatic heterocycles. The fourth-order valence-electron chi connectivity index (χ4n) is 3.15. The minimum atomic E-state index is -0.778. The normalized spacial score (nSPS) is 12.6. The number of nitrogens with zero attached hydrogens (tertiary/aromatic N) is 3. The number of terminal acetylenes is 1. The number of amides is 2. The summed E-state index contributed by atoms with van der Waals surface area (Å²) in [6, 6.07) is 6.49. The van der Waals surface area contributed by atoms with Crippen LogP contribution in [0.25, 0.3) is 5.65 Å².